The molecule has 0 unspecified atom stereocenters. The third-order valence-corrected chi connectivity index (χ3v) is 7.11. The fourth-order valence-corrected chi connectivity index (χ4v) is 5.43. The second-order valence-electron chi connectivity index (χ2n) is 8.58. The highest BCUT2D eigenvalue weighted by Gasteiger charge is 2.21. The van der Waals surface area contributed by atoms with E-state index in [1.807, 2.05) is 18.2 Å². The molecule has 0 saturated heterocycles. The molecule has 0 fully saturated rings. The fourth-order valence-electron chi connectivity index (χ4n) is 4.78. The van der Waals surface area contributed by atoms with Crippen LogP contribution in [-0.2, 0) is 25.8 Å². The number of carboxylic acid groups (broad SMARTS) is 1. The number of aromatic carboxylic acids is 1. The van der Waals surface area contributed by atoms with Gasteiger partial charge in [-0.3, -0.25) is 0 Å². The lowest BCUT2D eigenvalue weighted by Gasteiger charge is -2.19. The molecule has 0 spiro atoms. The molecule has 9 nitrogen and oxygen atoms in total. The zero-order valence-electron chi connectivity index (χ0n) is 19.3. The molecule has 0 bridgehead atoms. The molecular formula is C26H23N5O4S. The van der Waals surface area contributed by atoms with Crippen molar-refractivity contribution in [3.63, 3.8) is 0 Å². The first-order valence-corrected chi connectivity index (χ1v) is 12.6. The van der Waals surface area contributed by atoms with E-state index in [9.17, 15) is 9.90 Å². The minimum absolute atomic E-state index is 0.273. The molecular weight excluding hydrogens is 478 g/mol. The van der Waals surface area contributed by atoms with Crippen molar-refractivity contribution in [3.05, 3.63) is 75.7 Å². The first-order chi connectivity index (χ1) is 17.7. The Morgan fingerprint density at radius 2 is 1.94 bits per heavy atom. The highest BCUT2D eigenvalue weighted by atomic mass is 32.1. The van der Waals surface area contributed by atoms with Gasteiger partial charge in [-0.25, -0.2) is 4.79 Å². The molecule has 182 valence electrons. The van der Waals surface area contributed by atoms with Gasteiger partial charge in [0, 0.05) is 34.8 Å². The van der Waals surface area contributed by atoms with Gasteiger partial charge in [-0.05, 0) is 65.7 Å². The van der Waals surface area contributed by atoms with Crippen molar-refractivity contribution >= 4 is 28.2 Å². The number of carbonyl (C=O) groups is 1. The summed E-state index contributed by atoms with van der Waals surface area (Å²) in [6.07, 6.45) is 2.11. The van der Waals surface area contributed by atoms with Gasteiger partial charge >= 0.3 is 5.97 Å². The van der Waals surface area contributed by atoms with Gasteiger partial charge in [0.1, 0.15) is 13.2 Å². The number of aromatic amines is 1. The summed E-state index contributed by atoms with van der Waals surface area (Å²) in [5.41, 5.74) is 5.72. The summed E-state index contributed by atoms with van der Waals surface area (Å²) >= 11 is 1.64. The van der Waals surface area contributed by atoms with Crippen LogP contribution < -0.4 is 9.47 Å². The zero-order valence-corrected chi connectivity index (χ0v) is 20.1. The number of aryl methyl sites for hydroxylation is 4. The minimum atomic E-state index is -0.939. The first kappa shape index (κ1) is 22.3. The average molecular weight is 502 g/mol. The fraction of sp³-hybridized carbons (Fsp3) is 0.231. The number of rotatable bonds is 8. The van der Waals surface area contributed by atoms with E-state index in [0.29, 0.717) is 32.0 Å². The number of hydrogen-bond donors (Lipinski definition) is 2. The van der Waals surface area contributed by atoms with Gasteiger partial charge in [0.15, 0.2) is 17.3 Å². The van der Waals surface area contributed by atoms with Crippen LogP contribution in [0.4, 0.5) is 0 Å². The van der Waals surface area contributed by atoms with E-state index in [0.717, 1.165) is 57.6 Å². The standard InChI is InChI=1S/C26H23N5O4S/c32-26(33)17-3-5-21-20(14-17)19(4-1-16-2-6-22-23(13-16)35-11-10-34-22)25(18-8-12-36-15-18)31(21)9-7-24-27-29-30-28-24/h2-3,5-6,8,12-15H,1,4,7,9-11H2,(H,32,33)(H,27,28,29,30). The second kappa shape index (κ2) is 9.46. The van der Waals surface area contributed by atoms with Crippen molar-refractivity contribution in [3.8, 4) is 22.8 Å². The quantitative estimate of drug-likeness (QED) is 0.324. The Bertz CT molecular complexity index is 1530. The summed E-state index contributed by atoms with van der Waals surface area (Å²) in [5.74, 6) is 1.24. The van der Waals surface area contributed by atoms with Crippen molar-refractivity contribution in [1.29, 1.82) is 0 Å². The van der Waals surface area contributed by atoms with Crippen molar-refractivity contribution in [1.82, 2.24) is 25.2 Å². The minimum Gasteiger partial charge on any atom is -0.486 e. The van der Waals surface area contributed by atoms with Crippen molar-refractivity contribution in [2.45, 2.75) is 25.8 Å². The van der Waals surface area contributed by atoms with Gasteiger partial charge in [-0.15, -0.1) is 10.2 Å². The van der Waals surface area contributed by atoms with Crippen molar-refractivity contribution in [2.24, 2.45) is 0 Å². The van der Waals surface area contributed by atoms with E-state index >= 15 is 0 Å². The van der Waals surface area contributed by atoms with Gasteiger partial charge in [0.25, 0.3) is 0 Å². The summed E-state index contributed by atoms with van der Waals surface area (Å²) < 4.78 is 13.7. The summed E-state index contributed by atoms with van der Waals surface area (Å²) in [7, 11) is 0. The summed E-state index contributed by atoms with van der Waals surface area (Å²) in [6, 6.07) is 13.5. The summed E-state index contributed by atoms with van der Waals surface area (Å²) in [6.45, 7) is 1.74. The highest BCUT2D eigenvalue weighted by molar-refractivity contribution is 7.08. The largest absolute Gasteiger partial charge is 0.486 e. The molecule has 10 heteroatoms. The molecule has 0 aliphatic carbocycles. The Hall–Kier alpha value is -4.18. The van der Waals surface area contributed by atoms with E-state index in [2.05, 4.69) is 48.1 Å². The van der Waals surface area contributed by atoms with E-state index in [1.54, 1.807) is 23.5 Å². The number of carboxylic acids is 1. The summed E-state index contributed by atoms with van der Waals surface area (Å²) in [4.78, 5) is 11.8. The van der Waals surface area contributed by atoms with Crippen molar-refractivity contribution in [2.75, 3.05) is 13.2 Å². The number of tetrazole rings is 1. The predicted octanol–water partition coefficient (Wildman–Crippen LogP) is 4.38. The van der Waals surface area contributed by atoms with Gasteiger partial charge in [-0.1, -0.05) is 11.3 Å². The Morgan fingerprint density at radius 3 is 2.72 bits per heavy atom. The average Bonchev–Trinajstić information content (AvgIpc) is 3.66. The number of fused-ring (bicyclic) bond motifs is 2. The Morgan fingerprint density at radius 1 is 1.06 bits per heavy atom. The Labute approximate surface area is 210 Å². The lowest BCUT2D eigenvalue weighted by molar-refractivity contribution is 0.0697. The first-order valence-electron chi connectivity index (χ1n) is 11.7. The lowest BCUT2D eigenvalue weighted by atomic mass is 9.98. The van der Waals surface area contributed by atoms with Crippen LogP contribution in [-0.4, -0.2) is 49.5 Å². The molecule has 2 N–H and O–H groups in total. The van der Waals surface area contributed by atoms with E-state index in [-0.39, 0.29) is 5.56 Å². The van der Waals surface area contributed by atoms with Gasteiger partial charge in [-0.2, -0.15) is 16.6 Å². The molecule has 5 aromatic rings. The smallest absolute Gasteiger partial charge is 0.335 e. The second-order valence-corrected chi connectivity index (χ2v) is 9.36. The highest BCUT2D eigenvalue weighted by Crippen LogP contribution is 2.37. The van der Waals surface area contributed by atoms with Gasteiger partial charge in [0.05, 0.1) is 11.3 Å². The van der Waals surface area contributed by atoms with Crippen LogP contribution in [0.15, 0.2) is 53.2 Å². The molecule has 4 heterocycles. The Kier molecular flexibility index (Phi) is 5.86. The molecule has 2 aromatic carbocycles. The number of nitrogens with one attached hydrogen (secondary N) is 1. The van der Waals surface area contributed by atoms with Crippen LogP contribution in [0.25, 0.3) is 22.2 Å². The van der Waals surface area contributed by atoms with Crippen molar-refractivity contribution < 1.29 is 19.4 Å². The number of H-pyrrole nitrogens is 1. The molecule has 1 aliphatic rings. The number of aromatic nitrogens is 5. The van der Waals surface area contributed by atoms with E-state index in [4.69, 9.17) is 9.47 Å². The van der Waals surface area contributed by atoms with Crippen LogP contribution in [0, 0.1) is 0 Å². The van der Waals surface area contributed by atoms with Crippen LogP contribution >= 0.6 is 11.3 Å². The maximum absolute atomic E-state index is 11.8. The molecule has 3 aromatic heterocycles. The van der Waals surface area contributed by atoms with Crippen LogP contribution in [0.3, 0.4) is 0 Å². The lowest BCUT2D eigenvalue weighted by Crippen LogP contribution is -2.15. The normalized spacial score (nSPS) is 12.8. The number of ether oxygens (including phenoxy) is 2. The van der Waals surface area contributed by atoms with Crippen LogP contribution in [0.1, 0.15) is 27.3 Å². The maximum atomic E-state index is 11.8. The topological polar surface area (TPSA) is 115 Å². The molecule has 0 amide bonds. The predicted molar refractivity (Wildman–Crippen MR) is 135 cm³/mol. The SMILES string of the molecule is O=C(O)c1ccc2c(c1)c(CCc1ccc3c(c1)OCCO3)c(-c1ccsc1)n2CCc1nn[nH]n1. The zero-order chi connectivity index (χ0) is 24.5. The van der Waals surface area contributed by atoms with E-state index in [1.165, 1.54) is 0 Å². The number of nitrogens with zero attached hydrogens (tertiary/aromatic N) is 4. The molecule has 0 radical (unpaired) electrons. The molecule has 1 aliphatic heterocycles. The monoisotopic (exact) mass is 501 g/mol. The number of thiophene rings is 1. The molecule has 6 rings (SSSR count). The number of benzene rings is 2. The van der Waals surface area contributed by atoms with Crippen LogP contribution in [0.5, 0.6) is 11.5 Å². The Balaban J connectivity index is 1.44. The maximum Gasteiger partial charge on any atom is 0.335 e. The summed E-state index contributed by atoms with van der Waals surface area (Å²) in [5, 5.41) is 29.2. The van der Waals surface area contributed by atoms with Gasteiger partial charge < -0.3 is 19.1 Å². The van der Waals surface area contributed by atoms with Crippen LogP contribution in [0.2, 0.25) is 0 Å². The number of hydrogen-bond acceptors (Lipinski definition) is 7. The molecule has 36 heavy (non-hydrogen) atoms. The third kappa shape index (κ3) is 4.20. The third-order valence-electron chi connectivity index (χ3n) is 6.43. The molecule has 0 atom stereocenters. The molecule has 0 saturated carbocycles. The van der Waals surface area contributed by atoms with E-state index < -0.39 is 5.97 Å². The van der Waals surface area contributed by atoms with Gasteiger partial charge in [0.2, 0.25) is 0 Å².